The van der Waals surface area contributed by atoms with Gasteiger partial charge in [-0.1, -0.05) is 11.6 Å². The SMILES string of the molecule is Cc1cc(Cl)c2c(c1)nc(N1CCNCC1)n2C. The molecule has 2 heterocycles. The number of halogens is 1. The monoisotopic (exact) mass is 264 g/mol. The minimum Gasteiger partial charge on any atom is -0.340 e. The van der Waals surface area contributed by atoms with E-state index in [0.717, 1.165) is 53.7 Å². The normalized spacial score (nSPS) is 16.5. The second-order valence-electron chi connectivity index (χ2n) is 4.82. The molecule has 18 heavy (non-hydrogen) atoms. The van der Waals surface area contributed by atoms with Gasteiger partial charge in [-0.15, -0.1) is 0 Å². The number of hydrogen-bond acceptors (Lipinski definition) is 3. The zero-order valence-electron chi connectivity index (χ0n) is 10.7. The Morgan fingerprint density at radius 3 is 2.72 bits per heavy atom. The first-order valence-corrected chi connectivity index (χ1v) is 6.63. The van der Waals surface area contributed by atoms with Crippen LogP contribution in [0.3, 0.4) is 0 Å². The van der Waals surface area contributed by atoms with Crippen LogP contribution in [0.15, 0.2) is 12.1 Å². The highest BCUT2D eigenvalue weighted by molar-refractivity contribution is 6.35. The lowest BCUT2D eigenvalue weighted by atomic mass is 10.2. The summed E-state index contributed by atoms with van der Waals surface area (Å²) in [5.74, 6) is 1.01. The van der Waals surface area contributed by atoms with Crippen molar-refractivity contribution in [1.29, 1.82) is 0 Å². The first-order valence-electron chi connectivity index (χ1n) is 6.25. The zero-order chi connectivity index (χ0) is 12.7. The van der Waals surface area contributed by atoms with Crippen LogP contribution in [0.4, 0.5) is 5.95 Å². The lowest BCUT2D eigenvalue weighted by molar-refractivity contribution is 0.575. The van der Waals surface area contributed by atoms with Gasteiger partial charge in [0.2, 0.25) is 5.95 Å². The summed E-state index contributed by atoms with van der Waals surface area (Å²) in [5.41, 5.74) is 3.16. The highest BCUT2D eigenvalue weighted by Crippen LogP contribution is 2.28. The fourth-order valence-electron chi connectivity index (χ4n) is 2.56. The average molecular weight is 265 g/mol. The van der Waals surface area contributed by atoms with Crippen LogP contribution in [0.1, 0.15) is 5.56 Å². The third-order valence-corrected chi connectivity index (χ3v) is 3.73. The van der Waals surface area contributed by atoms with Gasteiger partial charge >= 0.3 is 0 Å². The van der Waals surface area contributed by atoms with Crippen molar-refractivity contribution in [1.82, 2.24) is 14.9 Å². The van der Waals surface area contributed by atoms with E-state index >= 15 is 0 Å². The molecule has 0 unspecified atom stereocenters. The summed E-state index contributed by atoms with van der Waals surface area (Å²) in [7, 11) is 2.04. The molecule has 1 aromatic carbocycles. The molecule has 0 amide bonds. The third-order valence-electron chi connectivity index (χ3n) is 3.44. The van der Waals surface area contributed by atoms with Gasteiger partial charge in [-0.3, -0.25) is 0 Å². The van der Waals surface area contributed by atoms with Gasteiger partial charge in [-0.05, 0) is 24.6 Å². The molecule has 0 spiro atoms. The van der Waals surface area contributed by atoms with E-state index in [2.05, 4.69) is 20.9 Å². The highest BCUT2D eigenvalue weighted by atomic mass is 35.5. The van der Waals surface area contributed by atoms with Crippen molar-refractivity contribution in [2.75, 3.05) is 31.1 Å². The van der Waals surface area contributed by atoms with E-state index in [1.165, 1.54) is 0 Å². The van der Waals surface area contributed by atoms with Gasteiger partial charge in [0.05, 0.1) is 16.1 Å². The third kappa shape index (κ3) is 1.85. The Bertz CT molecular complexity index is 584. The molecule has 0 atom stereocenters. The van der Waals surface area contributed by atoms with E-state index in [1.807, 2.05) is 20.0 Å². The maximum Gasteiger partial charge on any atom is 0.206 e. The number of hydrogen-bond donors (Lipinski definition) is 1. The topological polar surface area (TPSA) is 33.1 Å². The maximum atomic E-state index is 6.33. The molecule has 1 saturated heterocycles. The summed E-state index contributed by atoms with van der Waals surface area (Å²) in [4.78, 5) is 7.04. The van der Waals surface area contributed by atoms with Gasteiger partial charge in [-0.2, -0.15) is 0 Å². The number of imidazole rings is 1. The molecule has 1 aliphatic heterocycles. The number of aromatic nitrogens is 2. The predicted molar refractivity (Wildman–Crippen MR) is 75.5 cm³/mol. The lowest BCUT2D eigenvalue weighted by Crippen LogP contribution is -2.44. The number of fused-ring (bicyclic) bond motifs is 1. The number of aryl methyl sites for hydroxylation is 2. The number of benzene rings is 1. The molecule has 2 aromatic rings. The second-order valence-corrected chi connectivity index (χ2v) is 5.23. The summed E-state index contributed by atoms with van der Waals surface area (Å²) < 4.78 is 2.10. The summed E-state index contributed by atoms with van der Waals surface area (Å²) >= 11 is 6.33. The number of rotatable bonds is 1. The van der Waals surface area contributed by atoms with Crippen LogP contribution in [0.2, 0.25) is 5.02 Å². The van der Waals surface area contributed by atoms with E-state index in [0.29, 0.717) is 0 Å². The predicted octanol–water partition coefficient (Wildman–Crippen LogP) is 1.94. The van der Waals surface area contributed by atoms with Crippen molar-refractivity contribution in [2.24, 2.45) is 7.05 Å². The summed E-state index contributed by atoms with van der Waals surface area (Å²) in [6.45, 7) is 6.05. The van der Waals surface area contributed by atoms with Crippen LogP contribution in [-0.4, -0.2) is 35.7 Å². The molecule has 1 fully saturated rings. The molecule has 3 rings (SSSR count). The van der Waals surface area contributed by atoms with Gasteiger partial charge in [0.25, 0.3) is 0 Å². The van der Waals surface area contributed by atoms with Crippen molar-refractivity contribution in [2.45, 2.75) is 6.92 Å². The molecule has 1 aromatic heterocycles. The van der Waals surface area contributed by atoms with Gasteiger partial charge < -0.3 is 14.8 Å². The first kappa shape index (κ1) is 11.8. The van der Waals surface area contributed by atoms with E-state index in [1.54, 1.807) is 0 Å². The van der Waals surface area contributed by atoms with Crippen molar-refractivity contribution in [3.8, 4) is 0 Å². The largest absolute Gasteiger partial charge is 0.340 e. The van der Waals surface area contributed by atoms with E-state index in [-0.39, 0.29) is 0 Å². The summed E-state index contributed by atoms with van der Waals surface area (Å²) in [6, 6.07) is 4.08. The van der Waals surface area contributed by atoms with Gasteiger partial charge in [0.1, 0.15) is 0 Å². The molecule has 5 heteroatoms. The molecule has 96 valence electrons. The highest BCUT2D eigenvalue weighted by Gasteiger charge is 2.18. The quantitative estimate of drug-likeness (QED) is 0.855. The number of nitrogens with one attached hydrogen (secondary N) is 1. The Morgan fingerprint density at radius 1 is 1.28 bits per heavy atom. The molecule has 0 bridgehead atoms. The number of anilines is 1. The standard InChI is InChI=1S/C13H17ClN4/c1-9-7-10(14)12-11(8-9)16-13(17(12)2)18-5-3-15-4-6-18/h7-8,15H,3-6H2,1-2H3. The summed E-state index contributed by atoms with van der Waals surface area (Å²) in [6.07, 6.45) is 0. The Labute approximate surface area is 112 Å². The Hall–Kier alpha value is -1.26. The van der Waals surface area contributed by atoms with E-state index in [4.69, 9.17) is 16.6 Å². The zero-order valence-corrected chi connectivity index (χ0v) is 11.5. The smallest absolute Gasteiger partial charge is 0.206 e. The van der Waals surface area contributed by atoms with Gasteiger partial charge in [0.15, 0.2) is 0 Å². The molecule has 0 radical (unpaired) electrons. The van der Waals surface area contributed by atoms with Crippen LogP contribution >= 0.6 is 11.6 Å². The van der Waals surface area contributed by atoms with Crippen molar-refractivity contribution in [3.05, 3.63) is 22.7 Å². The fraction of sp³-hybridized carbons (Fsp3) is 0.462. The van der Waals surface area contributed by atoms with E-state index in [9.17, 15) is 0 Å². The van der Waals surface area contributed by atoms with Crippen molar-refractivity contribution in [3.63, 3.8) is 0 Å². The van der Waals surface area contributed by atoms with Crippen LogP contribution in [0, 0.1) is 6.92 Å². The van der Waals surface area contributed by atoms with Crippen LogP contribution < -0.4 is 10.2 Å². The molecule has 1 aliphatic rings. The Balaban J connectivity index is 2.13. The van der Waals surface area contributed by atoms with Crippen LogP contribution in [-0.2, 0) is 7.05 Å². The van der Waals surface area contributed by atoms with Crippen molar-refractivity contribution < 1.29 is 0 Å². The van der Waals surface area contributed by atoms with Crippen LogP contribution in [0.25, 0.3) is 11.0 Å². The molecule has 1 N–H and O–H groups in total. The minimum absolute atomic E-state index is 0.779. The maximum absolute atomic E-state index is 6.33. The molecular formula is C13H17ClN4. The average Bonchev–Trinajstić information content (AvgIpc) is 2.67. The molecular weight excluding hydrogens is 248 g/mol. The Morgan fingerprint density at radius 2 is 2.00 bits per heavy atom. The first-order chi connectivity index (χ1) is 8.66. The molecule has 0 aliphatic carbocycles. The van der Waals surface area contributed by atoms with Crippen molar-refractivity contribution >= 4 is 28.6 Å². The lowest BCUT2D eigenvalue weighted by Gasteiger charge is -2.28. The Kier molecular flexibility index (Phi) is 2.92. The van der Waals surface area contributed by atoms with Gasteiger partial charge in [-0.25, -0.2) is 4.98 Å². The number of piperazine rings is 1. The number of nitrogens with zero attached hydrogens (tertiary/aromatic N) is 3. The summed E-state index contributed by atoms with van der Waals surface area (Å²) in [5, 5.41) is 4.13. The second kappa shape index (κ2) is 4.44. The van der Waals surface area contributed by atoms with Gasteiger partial charge in [0, 0.05) is 33.2 Å². The molecule has 0 saturated carbocycles. The van der Waals surface area contributed by atoms with E-state index < -0.39 is 0 Å². The molecule has 4 nitrogen and oxygen atoms in total. The fourth-order valence-corrected chi connectivity index (χ4v) is 2.96. The van der Waals surface area contributed by atoms with Crippen LogP contribution in [0.5, 0.6) is 0 Å². The minimum atomic E-state index is 0.779.